The van der Waals surface area contributed by atoms with Crippen LogP contribution in [0.5, 0.6) is 11.5 Å². The number of aliphatic hydroxyl groups excluding tert-OH is 1. The monoisotopic (exact) mass is 928 g/mol. The lowest BCUT2D eigenvalue weighted by molar-refractivity contribution is -0.307. The van der Waals surface area contributed by atoms with E-state index in [0.717, 1.165) is 76.9 Å². The van der Waals surface area contributed by atoms with Crippen molar-refractivity contribution in [2.24, 2.45) is 5.41 Å². The van der Waals surface area contributed by atoms with Crippen molar-refractivity contribution in [1.29, 1.82) is 0 Å². The van der Waals surface area contributed by atoms with Crippen LogP contribution in [-0.4, -0.2) is 58.1 Å². The topological polar surface area (TPSA) is 164 Å². The third kappa shape index (κ3) is 14.7. The summed E-state index contributed by atoms with van der Waals surface area (Å²) in [7, 11) is 1.64. The van der Waals surface area contributed by atoms with Gasteiger partial charge in [-0.2, -0.15) is 11.8 Å². The number of carboxylic acid groups (broad SMARTS) is 1. The van der Waals surface area contributed by atoms with Crippen LogP contribution in [0, 0.1) is 5.41 Å². The molecule has 0 spiro atoms. The van der Waals surface area contributed by atoms with E-state index in [1.165, 1.54) is 17.2 Å². The van der Waals surface area contributed by atoms with Crippen LogP contribution in [0.25, 0.3) is 23.1 Å². The Balaban J connectivity index is 0.000000247. The van der Waals surface area contributed by atoms with Gasteiger partial charge in [-0.3, -0.25) is 4.79 Å². The van der Waals surface area contributed by atoms with Gasteiger partial charge in [0.05, 0.1) is 35.7 Å². The summed E-state index contributed by atoms with van der Waals surface area (Å²) in [4.78, 5) is 26.6. The molecule has 12 heteroatoms. The van der Waals surface area contributed by atoms with Crippen molar-refractivity contribution in [3.05, 3.63) is 165 Å². The molecule has 2 unspecified atom stereocenters. The number of methoxy groups -OCH3 is 1. The lowest BCUT2D eigenvalue weighted by atomic mass is 9.90. The minimum absolute atomic E-state index is 0.0381. The molecule has 1 amide bonds. The molecule has 66 heavy (non-hydrogen) atoms. The summed E-state index contributed by atoms with van der Waals surface area (Å²) in [6, 6.07) is 39.1. The summed E-state index contributed by atoms with van der Waals surface area (Å²) in [5, 5.41) is 49.6. The van der Waals surface area contributed by atoms with E-state index in [9.17, 15) is 30.0 Å². The summed E-state index contributed by atoms with van der Waals surface area (Å²) in [6.45, 7) is 6.06. The molecule has 0 radical (unpaired) electrons. The molecule has 6 aromatic rings. The van der Waals surface area contributed by atoms with Gasteiger partial charge in [0.1, 0.15) is 11.5 Å². The van der Waals surface area contributed by atoms with Gasteiger partial charge < -0.3 is 40.6 Å². The number of hydrogen-bond donors (Lipinski definition) is 5. The van der Waals surface area contributed by atoms with Gasteiger partial charge in [-0.1, -0.05) is 96.5 Å². The fraction of sp³-hybridized carbons (Fsp3) is 0.315. The van der Waals surface area contributed by atoms with Crippen LogP contribution in [0.15, 0.2) is 121 Å². The predicted octanol–water partition coefficient (Wildman–Crippen LogP) is 9.84. The maximum atomic E-state index is 11.4. The molecule has 5 aromatic carbocycles. The van der Waals surface area contributed by atoms with Crippen molar-refractivity contribution in [2.45, 2.75) is 82.3 Å². The van der Waals surface area contributed by atoms with E-state index in [1.807, 2.05) is 111 Å². The van der Waals surface area contributed by atoms with E-state index in [4.69, 9.17) is 21.3 Å². The Kier molecular flexibility index (Phi) is 17.5. The number of nitrogens with one attached hydrogen (secondary N) is 2. The van der Waals surface area contributed by atoms with Gasteiger partial charge in [-0.05, 0) is 152 Å². The zero-order chi connectivity index (χ0) is 47.3. The van der Waals surface area contributed by atoms with Gasteiger partial charge >= 0.3 is 0 Å². The van der Waals surface area contributed by atoms with Crippen LogP contribution in [0.2, 0.25) is 5.02 Å². The second-order valence-electron chi connectivity index (χ2n) is 17.6. The van der Waals surface area contributed by atoms with E-state index in [0.29, 0.717) is 23.5 Å². The first-order valence-electron chi connectivity index (χ1n) is 22.2. The van der Waals surface area contributed by atoms with Crippen LogP contribution in [-0.2, 0) is 28.0 Å². The Morgan fingerprint density at radius 3 is 2.42 bits per heavy atom. The van der Waals surface area contributed by atoms with Crippen LogP contribution >= 0.6 is 23.4 Å². The third-order valence-corrected chi connectivity index (χ3v) is 13.7. The highest BCUT2D eigenvalue weighted by Crippen LogP contribution is 2.53. The van der Waals surface area contributed by atoms with Gasteiger partial charge in [-0.25, -0.2) is 4.98 Å². The number of hydrogen-bond acceptors (Lipinski definition) is 10. The maximum Gasteiger partial charge on any atom is 0.211 e. The number of amides is 1. The minimum Gasteiger partial charge on any atom is -0.550 e. The molecule has 1 aliphatic rings. The molecule has 1 aliphatic carbocycles. The molecule has 1 aromatic heterocycles. The van der Waals surface area contributed by atoms with Crippen LogP contribution < -0.4 is 20.5 Å². The van der Waals surface area contributed by atoms with Crippen molar-refractivity contribution in [1.82, 2.24) is 10.3 Å². The number of halogens is 1. The first-order valence-corrected chi connectivity index (χ1v) is 23.6. The van der Waals surface area contributed by atoms with Gasteiger partial charge in [0, 0.05) is 34.2 Å². The van der Waals surface area contributed by atoms with Crippen molar-refractivity contribution in [3.63, 3.8) is 0 Å². The zero-order valence-corrected chi connectivity index (χ0v) is 39.4. The van der Waals surface area contributed by atoms with Crippen LogP contribution in [0.3, 0.4) is 0 Å². The molecule has 0 bridgehead atoms. The lowest BCUT2D eigenvalue weighted by Crippen LogP contribution is -2.32. The minimum atomic E-state index is -0.963. The van der Waals surface area contributed by atoms with Crippen LogP contribution in [0.1, 0.15) is 96.9 Å². The fourth-order valence-corrected chi connectivity index (χ4v) is 9.64. The molecule has 5 N–H and O–H groups in total. The summed E-state index contributed by atoms with van der Waals surface area (Å²) in [6.07, 6.45) is 8.35. The Hall–Kier alpha value is -5.69. The average molecular weight is 930 g/mol. The molecule has 10 nitrogen and oxygen atoms in total. The van der Waals surface area contributed by atoms with E-state index < -0.39 is 17.7 Å². The molecular formula is C54H59ClN3O7S-. The number of aromatic nitrogens is 1. The molecule has 3 atom stereocenters. The zero-order valence-electron chi connectivity index (χ0n) is 37.9. The van der Waals surface area contributed by atoms with E-state index >= 15 is 0 Å². The largest absolute Gasteiger partial charge is 0.550 e. The number of nitrogens with zero attached hydrogens (tertiary/aromatic N) is 1. The first kappa shape index (κ1) is 49.7. The molecular weight excluding hydrogens is 870 g/mol. The first-order chi connectivity index (χ1) is 31.6. The summed E-state index contributed by atoms with van der Waals surface area (Å²) in [5.41, 5.74) is 7.10. The Labute approximate surface area is 397 Å². The number of carboxylic acids is 1. The molecule has 7 rings (SSSR count). The number of thioether (sulfide) groups is 1. The normalized spacial score (nSPS) is 14.5. The number of ether oxygens (including phenoxy) is 1. The maximum absolute atomic E-state index is 11.4. The number of phenolic OH excluding ortho intramolecular Hbond substituents is 1. The van der Waals surface area contributed by atoms with Crippen molar-refractivity contribution in [3.8, 4) is 11.5 Å². The summed E-state index contributed by atoms with van der Waals surface area (Å²) < 4.78 is 5.14. The Morgan fingerprint density at radius 1 is 0.955 bits per heavy atom. The number of benzene rings is 5. The highest BCUT2D eigenvalue weighted by molar-refractivity contribution is 7.99. The van der Waals surface area contributed by atoms with Crippen molar-refractivity contribution >= 4 is 64.5 Å². The SMILES string of the molecule is CC(C)(O)c1ccccc1CC[C@@H](SCC1(CC(=O)[O-])CC1)c1cccc(/C=C/c2ccc3ccc(Cl)cc3n2)c1.COc1ccc(CC(C)NCC(O)c2ccc(O)c(NC=O)c2)cc1. The summed E-state index contributed by atoms with van der Waals surface area (Å²) in [5.74, 6) is 0.619. The number of aryl methyl sites for hydroxylation is 1. The molecule has 1 fully saturated rings. The molecule has 0 aliphatic heterocycles. The van der Waals surface area contributed by atoms with Gasteiger partial charge in [0.15, 0.2) is 0 Å². The number of aliphatic carboxylic acids is 1. The van der Waals surface area contributed by atoms with E-state index in [1.54, 1.807) is 19.2 Å². The standard InChI is InChI=1S/C35H36ClNO3S.C19H24N2O4/c1-34(2,40)30-9-4-3-7-25(30)13-17-32(41-23-35(18-19-35)22-33(38)39)27-8-5-6-24(20-27)10-15-29-16-12-26-11-14-28(36)21-31(26)37-29;1-13(9-14-3-6-16(25-2)7-4-14)20-11-19(24)15-5-8-18(23)17(10-15)21-12-22/h3-12,14-16,20-21,32,40H,13,17-19,22-23H2,1-2H3,(H,38,39);3-8,10,12-13,19-20,23-24H,9,11H2,1-2H3,(H,21,22)/p-1/b15-10+;/t32-;/m1./s1. The highest BCUT2D eigenvalue weighted by Gasteiger charge is 2.42. The predicted molar refractivity (Wildman–Crippen MR) is 266 cm³/mol. The number of aromatic hydroxyl groups is 1. The number of aliphatic hydroxyl groups is 2. The Bertz CT molecular complexity index is 2590. The molecule has 1 saturated carbocycles. The second-order valence-corrected chi connectivity index (χ2v) is 19.2. The molecule has 1 heterocycles. The number of phenols is 1. The second kappa shape index (κ2) is 23.2. The average Bonchev–Trinajstić information content (AvgIpc) is 4.06. The van der Waals surface area contributed by atoms with Crippen molar-refractivity contribution in [2.75, 3.05) is 24.7 Å². The summed E-state index contributed by atoms with van der Waals surface area (Å²) >= 11 is 8.01. The van der Waals surface area contributed by atoms with E-state index in [2.05, 4.69) is 47.0 Å². The lowest BCUT2D eigenvalue weighted by Gasteiger charge is -2.24. The fourth-order valence-electron chi connectivity index (χ4n) is 7.90. The number of pyridine rings is 1. The number of anilines is 1. The number of carbonyl (C=O) groups is 2. The molecule has 346 valence electrons. The molecule has 0 saturated heterocycles. The quantitative estimate of drug-likeness (QED) is 0.0347. The van der Waals surface area contributed by atoms with Gasteiger partial charge in [0.2, 0.25) is 6.41 Å². The van der Waals surface area contributed by atoms with Crippen LogP contribution in [0.4, 0.5) is 5.69 Å². The van der Waals surface area contributed by atoms with E-state index in [-0.39, 0.29) is 34.6 Å². The number of fused-ring (bicyclic) bond motifs is 1. The number of rotatable bonds is 21. The Morgan fingerprint density at radius 2 is 1.71 bits per heavy atom. The van der Waals surface area contributed by atoms with Gasteiger partial charge in [0.25, 0.3) is 0 Å². The van der Waals surface area contributed by atoms with Gasteiger partial charge in [-0.15, -0.1) is 0 Å². The third-order valence-electron chi connectivity index (χ3n) is 11.8. The highest BCUT2D eigenvalue weighted by atomic mass is 35.5. The number of carbonyl (C=O) groups excluding carboxylic acids is 2. The smallest absolute Gasteiger partial charge is 0.211 e. The van der Waals surface area contributed by atoms with Crippen molar-refractivity contribution < 1.29 is 34.8 Å².